The second-order valence-electron chi connectivity index (χ2n) is 4.18. The third-order valence-corrected chi connectivity index (χ3v) is 3.08. The van der Waals surface area contributed by atoms with Crippen LogP contribution < -0.4 is 0 Å². The van der Waals surface area contributed by atoms with Gasteiger partial charge in [0.2, 0.25) is 0 Å². The molecule has 1 aliphatic heterocycles. The molecular formula is C11H21NO2. The van der Waals surface area contributed by atoms with Crippen molar-refractivity contribution in [1.29, 1.82) is 0 Å². The number of methoxy groups -OCH3 is 1. The number of nitrogens with zero attached hydrogens (tertiary/aromatic N) is 1. The van der Waals surface area contributed by atoms with Gasteiger partial charge in [0, 0.05) is 20.2 Å². The standard InChI is InChI=1S/C11H21NO2/c1-8(2)10-5-6-12(7-10)11(13)9(3)14-4/h9-11,13H,1,5-7H2,2-4H3/t9-,10+,11?/m0/s1. The minimum Gasteiger partial charge on any atom is -0.378 e. The smallest absolute Gasteiger partial charge is 0.133 e. The van der Waals surface area contributed by atoms with Crippen LogP contribution in [0.2, 0.25) is 0 Å². The Hall–Kier alpha value is -0.380. The molecule has 1 fully saturated rings. The summed E-state index contributed by atoms with van der Waals surface area (Å²) in [6.45, 7) is 9.74. The normalized spacial score (nSPS) is 27.6. The summed E-state index contributed by atoms with van der Waals surface area (Å²) in [7, 11) is 1.63. The molecule has 0 amide bonds. The fraction of sp³-hybridized carbons (Fsp3) is 0.818. The predicted octanol–water partition coefficient (Wildman–Crippen LogP) is 1.24. The molecule has 0 saturated carbocycles. The van der Waals surface area contributed by atoms with Gasteiger partial charge >= 0.3 is 0 Å². The molecule has 0 spiro atoms. The van der Waals surface area contributed by atoms with Gasteiger partial charge in [0.1, 0.15) is 6.23 Å². The van der Waals surface area contributed by atoms with E-state index in [1.165, 1.54) is 5.57 Å². The van der Waals surface area contributed by atoms with Crippen molar-refractivity contribution in [3.8, 4) is 0 Å². The molecule has 0 radical (unpaired) electrons. The van der Waals surface area contributed by atoms with Gasteiger partial charge in [0.25, 0.3) is 0 Å². The number of aliphatic hydroxyl groups is 1. The molecule has 3 atom stereocenters. The maximum atomic E-state index is 9.89. The van der Waals surface area contributed by atoms with Gasteiger partial charge in [-0.1, -0.05) is 12.2 Å². The summed E-state index contributed by atoms with van der Waals surface area (Å²) in [5, 5.41) is 9.89. The summed E-state index contributed by atoms with van der Waals surface area (Å²) in [5.41, 5.74) is 1.21. The highest BCUT2D eigenvalue weighted by Gasteiger charge is 2.30. The van der Waals surface area contributed by atoms with Crippen molar-refractivity contribution in [2.24, 2.45) is 5.92 Å². The number of hydrogen-bond donors (Lipinski definition) is 1. The summed E-state index contributed by atoms with van der Waals surface area (Å²) in [6.07, 6.45) is 0.492. The van der Waals surface area contributed by atoms with Gasteiger partial charge in [-0.15, -0.1) is 0 Å². The molecule has 0 bridgehead atoms. The molecule has 1 aliphatic rings. The first-order chi connectivity index (χ1) is 6.56. The molecule has 1 saturated heterocycles. The zero-order valence-electron chi connectivity index (χ0n) is 9.36. The van der Waals surface area contributed by atoms with E-state index in [0.29, 0.717) is 5.92 Å². The minimum atomic E-state index is -0.482. The molecule has 0 aromatic rings. The molecule has 0 aliphatic carbocycles. The van der Waals surface area contributed by atoms with Gasteiger partial charge in [-0.05, 0) is 26.2 Å². The molecule has 1 unspecified atom stereocenters. The number of rotatable bonds is 4. The molecule has 14 heavy (non-hydrogen) atoms. The summed E-state index contributed by atoms with van der Waals surface area (Å²) in [5.74, 6) is 0.536. The molecule has 3 nitrogen and oxygen atoms in total. The van der Waals surface area contributed by atoms with Gasteiger partial charge in [-0.25, -0.2) is 0 Å². The van der Waals surface area contributed by atoms with E-state index in [-0.39, 0.29) is 6.10 Å². The molecule has 1 N–H and O–H groups in total. The lowest BCUT2D eigenvalue weighted by Crippen LogP contribution is -2.41. The Morgan fingerprint density at radius 2 is 2.29 bits per heavy atom. The summed E-state index contributed by atoms with van der Waals surface area (Å²) in [6, 6.07) is 0. The van der Waals surface area contributed by atoms with Crippen molar-refractivity contribution < 1.29 is 9.84 Å². The largest absolute Gasteiger partial charge is 0.378 e. The predicted molar refractivity (Wildman–Crippen MR) is 57.0 cm³/mol. The van der Waals surface area contributed by atoms with Crippen LogP contribution in [-0.4, -0.2) is 42.5 Å². The quantitative estimate of drug-likeness (QED) is 0.691. The first kappa shape index (κ1) is 11.7. The van der Waals surface area contributed by atoms with Crippen LogP contribution in [0.5, 0.6) is 0 Å². The van der Waals surface area contributed by atoms with Crippen molar-refractivity contribution in [3.63, 3.8) is 0 Å². The third kappa shape index (κ3) is 2.56. The van der Waals surface area contributed by atoms with Crippen molar-refractivity contribution in [1.82, 2.24) is 4.90 Å². The van der Waals surface area contributed by atoms with E-state index >= 15 is 0 Å². The Labute approximate surface area is 86.4 Å². The van der Waals surface area contributed by atoms with Crippen LogP contribution in [0.3, 0.4) is 0 Å². The number of likely N-dealkylation sites (tertiary alicyclic amines) is 1. The highest BCUT2D eigenvalue weighted by molar-refractivity contribution is 5.01. The average Bonchev–Trinajstić information content (AvgIpc) is 2.64. The number of ether oxygens (including phenoxy) is 1. The SMILES string of the molecule is C=C(C)[C@@H]1CCN(C(O)[C@H](C)OC)C1. The fourth-order valence-electron chi connectivity index (χ4n) is 1.85. The molecular weight excluding hydrogens is 178 g/mol. The zero-order chi connectivity index (χ0) is 10.7. The Bertz CT molecular complexity index is 205. The summed E-state index contributed by atoms with van der Waals surface area (Å²) in [4.78, 5) is 2.06. The van der Waals surface area contributed by atoms with Gasteiger partial charge in [0.15, 0.2) is 0 Å². The van der Waals surface area contributed by atoms with Crippen LogP contribution in [-0.2, 0) is 4.74 Å². The Balaban J connectivity index is 2.45. The molecule has 3 heteroatoms. The van der Waals surface area contributed by atoms with E-state index in [9.17, 15) is 5.11 Å². The van der Waals surface area contributed by atoms with Crippen LogP contribution >= 0.6 is 0 Å². The van der Waals surface area contributed by atoms with E-state index in [1.807, 2.05) is 6.92 Å². The van der Waals surface area contributed by atoms with Crippen LogP contribution in [0.15, 0.2) is 12.2 Å². The average molecular weight is 199 g/mol. The topological polar surface area (TPSA) is 32.7 Å². The summed E-state index contributed by atoms with van der Waals surface area (Å²) >= 11 is 0. The second-order valence-corrected chi connectivity index (χ2v) is 4.18. The van der Waals surface area contributed by atoms with Crippen LogP contribution in [0.4, 0.5) is 0 Å². The molecule has 0 aromatic heterocycles. The van der Waals surface area contributed by atoms with Crippen molar-refractivity contribution in [2.75, 3.05) is 20.2 Å². The first-order valence-electron chi connectivity index (χ1n) is 5.16. The van der Waals surface area contributed by atoms with Crippen LogP contribution in [0.1, 0.15) is 20.3 Å². The fourth-order valence-corrected chi connectivity index (χ4v) is 1.85. The van der Waals surface area contributed by atoms with Crippen LogP contribution in [0.25, 0.3) is 0 Å². The lowest BCUT2D eigenvalue weighted by atomic mass is 10.0. The van der Waals surface area contributed by atoms with E-state index in [2.05, 4.69) is 18.4 Å². The van der Waals surface area contributed by atoms with Crippen LogP contribution in [0, 0.1) is 5.92 Å². The van der Waals surface area contributed by atoms with Gasteiger partial charge in [0.05, 0.1) is 6.10 Å². The summed E-state index contributed by atoms with van der Waals surface area (Å²) < 4.78 is 5.11. The van der Waals surface area contributed by atoms with E-state index < -0.39 is 6.23 Å². The third-order valence-electron chi connectivity index (χ3n) is 3.08. The van der Waals surface area contributed by atoms with E-state index in [1.54, 1.807) is 7.11 Å². The number of aliphatic hydroxyl groups excluding tert-OH is 1. The zero-order valence-corrected chi connectivity index (χ0v) is 9.36. The molecule has 0 aromatic carbocycles. The Morgan fingerprint density at radius 3 is 2.71 bits per heavy atom. The molecule has 1 rings (SSSR count). The first-order valence-corrected chi connectivity index (χ1v) is 5.16. The van der Waals surface area contributed by atoms with Gasteiger partial charge in [-0.2, -0.15) is 0 Å². The monoisotopic (exact) mass is 199 g/mol. The Morgan fingerprint density at radius 1 is 1.64 bits per heavy atom. The van der Waals surface area contributed by atoms with E-state index in [0.717, 1.165) is 19.5 Å². The molecule has 1 heterocycles. The second kappa shape index (κ2) is 4.91. The minimum absolute atomic E-state index is 0.126. The van der Waals surface area contributed by atoms with Gasteiger partial charge in [-0.3, -0.25) is 4.90 Å². The number of hydrogen-bond acceptors (Lipinski definition) is 3. The van der Waals surface area contributed by atoms with Crippen molar-refractivity contribution in [3.05, 3.63) is 12.2 Å². The molecule has 82 valence electrons. The maximum absolute atomic E-state index is 9.89. The lowest BCUT2D eigenvalue weighted by Gasteiger charge is -2.27. The Kier molecular flexibility index (Phi) is 4.11. The highest BCUT2D eigenvalue weighted by Crippen LogP contribution is 2.24. The van der Waals surface area contributed by atoms with Crippen molar-refractivity contribution >= 4 is 0 Å². The van der Waals surface area contributed by atoms with Gasteiger partial charge < -0.3 is 9.84 Å². The van der Waals surface area contributed by atoms with E-state index in [4.69, 9.17) is 4.74 Å². The van der Waals surface area contributed by atoms with Crippen molar-refractivity contribution in [2.45, 2.75) is 32.6 Å². The lowest BCUT2D eigenvalue weighted by molar-refractivity contribution is -0.0827. The highest BCUT2D eigenvalue weighted by atomic mass is 16.5. The maximum Gasteiger partial charge on any atom is 0.133 e.